The van der Waals surface area contributed by atoms with E-state index in [1.54, 1.807) is 6.20 Å². The van der Waals surface area contributed by atoms with Gasteiger partial charge in [-0.3, -0.25) is 14.4 Å². The van der Waals surface area contributed by atoms with Crippen LogP contribution >= 0.6 is 0 Å². The molecule has 1 N–H and O–H groups in total. The number of H-pyrrole nitrogens is 1. The number of hydrogen-bond donors (Lipinski definition) is 1. The van der Waals surface area contributed by atoms with Gasteiger partial charge in [-0.25, -0.2) is 0 Å². The van der Waals surface area contributed by atoms with Crippen molar-refractivity contribution in [2.24, 2.45) is 0 Å². The molecule has 0 saturated heterocycles. The first-order valence-electron chi connectivity index (χ1n) is 7.57. The molecule has 25 heavy (non-hydrogen) atoms. The topological polar surface area (TPSA) is 85.5 Å². The Bertz CT molecular complexity index is 1020. The highest BCUT2D eigenvalue weighted by Crippen LogP contribution is 2.36. The number of carbonyl (C=O) groups is 2. The Hall–Kier alpha value is -3.41. The van der Waals surface area contributed by atoms with Crippen LogP contribution in [0.1, 0.15) is 13.8 Å². The highest BCUT2D eigenvalue weighted by molar-refractivity contribution is 6.02. The summed E-state index contributed by atoms with van der Waals surface area (Å²) in [6.07, 6.45) is 1.57. The van der Waals surface area contributed by atoms with Crippen molar-refractivity contribution in [2.45, 2.75) is 13.8 Å². The van der Waals surface area contributed by atoms with Gasteiger partial charge in [0.05, 0.1) is 5.39 Å². The molecule has 0 unspecified atom stereocenters. The quantitative estimate of drug-likeness (QED) is 0.586. The predicted octanol–water partition coefficient (Wildman–Crippen LogP) is 3.05. The molecule has 6 heteroatoms. The third-order valence-corrected chi connectivity index (χ3v) is 3.54. The maximum absolute atomic E-state index is 12.3. The van der Waals surface area contributed by atoms with E-state index in [0.717, 1.165) is 5.56 Å². The normalized spacial score (nSPS) is 10.5. The van der Waals surface area contributed by atoms with Crippen molar-refractivity contribution >= 4 is 22.7 Å². The fourth-order valence-corrected chi connectivity index (χ4v) is 2.64. The van der Waals surface area contributed by atoms with E-state index in [2.05, 4.69) is 4.98 Å². The van der Waals surface area contributed by atoms with Crippen LogP contribution < -0.4 is 15.0 Å². The molecule has 0 aliphatic rings. The number of fused-ring (bicyclic) bond motifs is 1. The Kier molecular flexibility index (Phi) is 4.35. The van der Waals surface area contributed by atoms with Gasteiger partial charge in [0, 0.05) is 37.1 Å². The number of hydrogen-bond acceptors (Lipinski definition) is 5. The van der Waals surface area contributed by atoms with Gasteiger partial charge in [0.15, 0.2) is 0 Å². The molecule has 0 spiro atoms. The number of esters is 2. The van der Waals surface area contributed by atoms with Gasteiger partial charge >= 0.3 is 11.9 Å². The number of rotatable bonds is 3. The van der Waals surface area contributed by atoms with E-state index in [4.69, 9.17) is 9.47 Å². The molecule has 0 fully saturated rings. The van der Waals surface area contributed by atoms with E-state index in [1.165, 1.54) is 26.0 Å². The van der Waals surface area contributed by atoms with Crippen molar-refractivity contribution in [3.8, 4) is 22.6 Å². The second-order valence-corrected chi connectivity index (χ2v) is 5.43. The molecule has 0 aliphatic heterocycles. The molecule has 3 aromatic rings. The molecule has 0 radical (unpaired) electrons. The molecular formula is C19H15NO5. The zero-order valence-electron chi connectivity index (χ0n) is 13.7. The molecule has 1 heterocycles. The number of benzene rings is 2. The number of carbonyl (C=O) groups excluding carboxylic acids is 2. The van der Waals surface area contributed by atoms with Gasteiger partial charge in [-0.1, -0.05) is 30.3 Å². The van der Waals surface area contributed by atoms with Crippen LogP contribution in [-0.4, -0.2) is 16.9 Å². The second kappa shape index (κ2) is 6.60. The number of ether oxygens (including phenoxy) is 2. The fourth-order valence-electron chi connectivity index (χ4n) is 2.64. The third kappa shape index (κ3) is 3.42. The number of nitrogens with one attached hydrogen (secondary N) is 1. The minimum Gasteiger partial charge on any atom is -0.427 e. The van der Waals surface area contributed by atoms with Crippen LogP contribution in [0.25, 0.3) is 21.9 Å². The number of aromatic amines is 1. The van der Waals surface area contributed by atoms with Crippen molar-refractivity contribution in [3.05, 3.63) is 59.0 Å². The molecule has 0 aliphatic carbocycles. The summed E-state index contributed by atoms with van der Waals surface area (Å²) in [4.78, 5) is 37.7. The zero-order valence-corrected chi connectivity index (χ0v) is 13.7. The van der Waals surface area contributed by atoms with Crippen LogP contribution in [0.3, 0.4) is 0 Å². The van der Waals surface area contributed by atoms with Gasteiger partial charge in [-0.15, -0.1) is 0 Å². The van der Waals surface area contributed by atoms with Crippen LogP contribution in [-0.2, 0) is 9.59 Å². The van der Waals surface area contributed by atoms with E-state index in [-0.39, 0.29) is 22.4 Å². The molecule has 3 rings (SSSR count). The number of pyridine rings is 1. The summed E-state index contributed by atoms with van der Waals surface area (Å²) in [7, 11) is 0. The summed E-state index contributed by atoms with van der Waals surface area (Å²) >= 11 is 0. The van der Waals surface area contributed by atoms with Gasteiger partial charge in [0.25, 0.3) is 5.56 Å². The smallest absolute Gasteiger partial charge is 0.308 e. The average Bonchev–Trinajstić information content (AvgIpc) is 2.55. The average molecular weight is 337 g/mol. The van der Waals surface area contributed by atoms with E-state index < -0.39 is 11.9 Å². The van der Waals surface area contributed by atoms with Gasteiger partial charge in [-0.05, 0) is 11.6 Å². The van der Waals surface area contributed by atoms with Gasteiger partial charge < -0.3 is 14.5 Å². The predicted molar refractivity (Wildman–Crippen MR) is 92.6 cm³/mol. The van der Waals surface area contributed by atoms with Crippen LogP contribution in [0, 0.1) is 0 Å². The van der Waals surface area contributed by atoms with Crippen LogP contribution in [0.5, 0.6) is 11.5 Å². The maximum atomic E-state index is 12.3. The van der Waals surface area contributed by atoms with Gasteiger partial charge in [0.2, 0.25) is 0 Å². The third-order valence-electron chi connectivity index (χ3n) is 3.54. The first-order valence-corrected chi connectivity index (χ1v) is 7.57. The van der Waals surface area contributed by atoms with E-state index in [9.17, 15) is 14.4 Å². The molecule has 126 valence electrons. The molecule has 0 atom stereocenters. The highest BCUT2D eigenvalue weighted by Gasteiger charge is 2.16. The molecule has 0 amide bonds. The lowest BCUT2D eigenvalue weighted by molar-refractivity contribution is -0.132. The van der Waals surface area contributed by atoms with Crippen LogP contribution in [0.2, 0.25) is 0 Å². The van der Waals surface area contributed by atoms with E-state index in [1.807, 2.05) is 30.3 Å². The lowest BCUT2D eigenvalue weighted by atomic mass is 10.00. The summed E-state index contributed by atoms with van der Waals surface area (Å²) in [5, 5.41) is 0.734. The van der Waals surface area contributed by atoms with Crippen molar-refractivity contribution in [1.29, 1.82) is 0 Å². The summed E-state index contributed by atoms with van der Waals surface area (Å²) < 4.78 is 10.3. The Balaban J connectivity index is 2.36. The molecule has 1 aromatic heterocycles. The standard InChI is InChI=1S/C19H15NO5/c1-11(21)24-14-8-15-18(17(9-14)25-12(2)22)16(10-20-19(15)23)13-6-4-3-5-7-13/h3-10H,1-2H3,(H,20,23). The second-order valence-electron chi connectivity index (χ2n) is 5.43. The molecule has 0 bridgehead atoms. The molecule has 2 aromatic carbocycles. The maximum Gasteiger partial charge on any atom is 0.308 e. The summed E-state index contributed by atoms with van der Waals surface area (Å²) in [5.74, 6) is -0.789. The highest BCUT2D eigenvalue weighted by atomic mass is 16.5. The van der Waals surface area contributed by atoms with E-state index >= 15 is 0 Å². The zero-order chi connectivity index (χ0) is 18.0. The number of aromatic nitrogens is 1. The molecule has 0 saturated carbocycles. The molecular weight excluding hydrogens is 322 g/mol. The lowest BCUT2D eigenvalue weighted by Gasteiger charge is -2.13. The Morgan fingerprint density at radius 2 is 1.64 bits per heavy atom. The van der Waals surface area contributed by atoms with Gasteiger partial charge in [0.1, 0.15) is 11.5 Å². The fraction of sp³-hybridized carbons (Fsp3) is 0.105. The Morgan fingerprint density at radius 1 is 0.960 bits per heavy atom. The van der Waals surface area contributed by atoms with Gasteiger partial charge in [-0.2, -0.15) is 0 Å². The van der Waals surface area contributed by atoms with Crippen LogP contribution in [0.15, 0.2) is 53.5 Å². The van der Waals surface area contributed by atoms with Crippen molar-refractivity contribution in [3.63, 3.8) is 0 Å². The summed E-state index contributed by atoms with van der Waals surface area (Å²) in [6.45, 7) is 2.51. The van der Waals surface area contributed by atoms with Crippen molar-refractivity contribution in [2.75, 3.05) is 0 Å². The summed E-state index contributed by atoms with van der Waals surface area (Å²) in [6, 6.07) is 12.3. The summed E-state index contributed by atoms with van der Waals surface area (Å²) in [5.41, 5.74) is 1.16. The molecule has 6 nitrogen and oxygen atoms in total. The first-order chi connectivity index (χ1) is 12.0. The van der Waals surface area contributed by atoms with Crippen molar-refractivity contribution < 1.29 is 19.1 Å². The Morgan fingerprint density at radius 3 is 2.28 bits per heavy atom. The van der Waals surface area contributed by atoms with Crippen molar-refractivity contribution in [1.82, 2.24) is 4.98 Å². The SMILES string of the molecule is CC(=O)Oc1cc(OC(C)=O)c2c(-c3ccccc3)c[nH]c(=O)c2c1. The largest absolute Gasteiger partial charge is 0.427 e. The Labute approximate surface area is 143 Å². The minimum absolute atomic E-state index is 0.131. The van der Waals surface area contributed by atoms with E-state index in [0.29, 0.717) is 10.9 Å². The lowest BCUT2D eigenvalue weighted by Crippen LogP contribution is -2.10. The van der Waals surface area contributed by atoms with Crippen LogP contribution in [0.4, 0.5) is 0 Å². The first kappa shape index (κ1) is 16.4. The minimum atomic E-state index is -0.541. The monoisotopic (exact) mass is 337 g/mol.